The van der Waals surface area contributed by atoms with Gasteiger partial charge in [-0.15, -0.1) is 0 Å². The monoisotopic (exact) mass is 344 g/mol. The largest absolute Gasteiger partial charge is 0.347 e. The zero-order valence-electron chi connectivity index (χ0n) is 15.1. The SMILES string of the molecule is Cc1c(C2=C(Cc3ccccc3)C(=O)N(C)C2=O)c2ccccc2n1C. The summed E-state index contributed by atoms with van der Waals surface area (Å²) in [7, 11) is 3.55. The number of carbonyl (C=O) groups is 2. The summed E-state index contributed by atoms with van der Waals surface area (Å²) in [5, 5.41) is 1.00. The Hall–Kier alpha value is -3.14. The number of hydrogen-bond donors (Lipinski definition) is 0. The zero-order valence-corrected chi connectivity index (χ0v) is 15.1. The molecule has 2 aromatic carbocycles. The highest BCUT2D eigenvalue weighted by Gasteiger charge is 2.38. The number of imide groups is 1. The Bertz CT molecular complexity index is 1070. The molecule has 1 aliphatic rings. The molecule has 0 unspecified atom stereocenters. The van der Waals surface area contributed by atoms with Crippen LogP contribution in [-0.4, -0.2) is 28.3 Å². The fourth-order valence-corrected chi connectivity index (χ4v) is 3.76. The summed E-state index contributed by atoms with van der Waals surface area (Å²) in [5.74, 6) is -0.429. The number of likely N-dealkylation sites (N-methyl/N-ethyl adjacent to an activating group) is 1. The maximum absolute atomic E-state index is 13.0. The number of aromatic nitrogens is 1. The summed E-state index contributed by atoms with van der Waals surface area (Å²) < 4.78 is 2.08. The van der Waals surface area contributed by atoms with Crippen molar-refractivity contribution in [2.45, 2.75) is 13.3 Å². The van der Waals surface area contributed by atoms with Crippen LogP contribution in [0, 0.1) is 6.92 Å². The molecule has 130 valence electrons. The van der Waals surface area contributed by atoms with E-state index < -0.39 is 0 Å². The van der Waals surface area contributed by atoms with Crippen LogP contribution >= 0.6 is 0 Å². The average Bonchev–Trinajstić information content (AvgIpc) is 3.03. The van der Waals surface area contributed by atoms with E-state index in [1.54, 1.807) is 7.05 Å². The highest BCUT2D eigenvalue weighted by atomic mass is 16.2. The average molecular weight is 344 g/mol. The molecular formula is C22H20N2O2. The van der Waals surface area contributed by atoms with Gasteiger partial charge in [0, 0.05) is 48.2 Å². The molecule has 2 heterocycles. The molecule has 0 atom stereocenters. The van der Waals surface area contributed by atoms with Crippen LogP contribution in [0.2, 0.25) is 0 Å². The van der Waals surface area contributed by atoms with E-state index in [9.17, 15) is 9.59 Å². The molecule has 0 saturated carbocycles. The lowest BCUT2D eigenvalue weighted by Gasteiger charge is -2.07. The standard InChI is InChI=1S/C22H20N2O2/c1-14-19(16-11-7-8-12-18(16)23(14)2)20-17(21(25)24(3)22(20)26)13-15-9-5-4-6-10-15/h4-12H,13H2,1-3H3. The van der Waals surface area contributed by atoms with E-state index in [1.807, 2.05) is 68.6 Å². The van der Waals surface area contributed by atoms with Crippen molar-refractivity contribution < 1.29 is 9.59 Å². The molecule has 1 aromatic heterocycles. The Balaban J connectivity index is 1.99. The second-order valence-corrected chi connectivity index (χ2v) is 6.72. The van der Waals surface area contributed by atoms with E-state index in [4.69, 9.17) is 0 Å². The van der Waals surface area contributed by atoms with Gasteiger partial charge >= 0.3 is 0 Å². The van der Waals surface area contributed by atoms with E-state index in [0.717, 1.165) is 27.7 Å². The smallest absolute Gasteiger partial charge is 0.261 e. The molecule has 1 aliphatic heterocycles. The Morgan fingerprint density at radius 2 is 1.50 bits per heavy atom. The van der Waals surface area contributed by atoms with Gasteiger partial charge in [0.2, 0.25) is 0 Å². The van der Waals surface area contributed by atoms with Gasteiger partial charge in [-0.2, -0.15) is 0 Å². The minimum Gasteiger partial charge on any atom is -0.347 e. The first-order valence-electron chi connectivity index (χ1n) is 8.64. The highest BCUT2D eigenvalue weighted by Crippen LogP contribution is 2.37. The summed E-state index contributed by atoms with van der Waals surface area (Å²) in [6.45, 7) is 2.00. The van der Waals surface area contributed by atoms with Crippen LogP contribution in [0.15, 0.2) is 60.2 Å². The van der Waals surface area contributed by atoms with E-state index in [0.29, 0.717) is 17.6 Å². The molecule has 0 bridgehead atoms. The quantitative estimate of drug-likeness (QED) is 0.683. The van der Waals surface area contributed by atoms with Crippen molar-refractivity contribution in [1.82, 2.24) is 9.47 Å². The topological polar surface area (TPSA) is 42.3 Å². The van der Waals surface area contributed by atoms with Gasteiger partial charge < -0.3 is 4.57 Å². The van der Waals surface area contributed by atoms with Crippen molar-refractivity contribution >= 4 is 28.3 Å². The molecule has 26 heavy (non-hydrogen) atoms. The maximum atomic E-state index is 13.0. The molecule has 0 spiro atoms. The van der Waals surface area contributed by atoms with E-state index in [-0.39, 0.29) is 11.8 Å². The molecule has 4 nitrogen and oxygen atoms in total. The number of fused-ring (bicyclic) bond motifs is 1. The van der Waals surface area contributed by atoms with Crippen LogP contribution in [0.3, 0.4) is 0 Å². The Morgan fingerprint density at radius 3 is 2.23 bits per heavy atom. The summed E-state index contributed by atoms with van der Waals surface area (Å²) in [4.78, 5) is 27.0. The second kappa shape index (κ2) is 5.99. The molecule has 0 saturated heterocycles. The van der Waals surface area contributed by atoms with E-state index >= 15 is 0 Å². The van der Waals surface area contributed by atoms with Gasteiger partial charge in [-0.1, -0.05) is 48.5 Å². The molecule has 0 fully saturated rings. The number of benzene rings is 2. The van der Waals surface area contributed by atoms with Crippen LogP contribution in [-0.2, 0) is 23.1 Å². The van der Waals surface area contributed by atoms with Crippen LogP contribution < -0.4 is 0 Å². The van der Waals surface area contributed by atoms with Crippen molar-refractivity contribution in [2.75, 3.05) is 7.05 Å². The van der Waals surface area contributed by atoms with E-state index in [1.165, 1.54) is 4.90 Å². The van der Waals surface area contributed by atoms with Crippen molar-refractivity contribution in [3.63, 3.8) is 0 Å². The first-order valence-corrected chi connectivity index (χ1v) is 8.64. The molecular weight excluding hydrogens is 324 g/mol. The molecule has 0 N–H and O–H groups in total. The second-order valence-electron chi connectivity index (χ2n) is 6.72. The number of carbonyl (C=O) groups excluding carboxylic acids is 2. The Kier molecular flexibility index (Phi) is 3.76. The van der Waals surface area contributed by atoms with Crippen LogP contribution in [0.5, 0.6) is 0 Å². The number of nitrogens with zero attached hydrogens (tertiary/aromatic N) is 2. The number of aryl methyl sites for hydroxylation is 1. The third-order valence-corrected chi connectivity index (χ3v) is 5.26. The van der Waals surface area contributed by atoms with Crippen molar-refractivity contribution in [3.05, 3.63) is 77.0 Å². The summed E-state index contributed by atoms with van der Waals surface area (Å²) in [5.41, 5.74) is 5.05. The maximum Gasteiger partial charge on any atom is 0.261 e. The third-order valence-electron chi connectivity index (χ3n) is 5.26. The zero-order chi connectivity index (χ0) is 18.4. The van der Waals surface area contributed by atoms with Gasteiger partial charge in [0.05, 0.1) is 5.57 Å². The van der Waals surface area contributed by atoms with E-state index in [2.05, 4.69) is 4.57 Å². The predicted octanol–water partition coefficient (Wildman–Crippen LogP) is 3.48. The fraction of sp³-hybridized carbons (Fsp3) is 0.182. The third kappa shape index (κ3) is 2.30. The van der Waals surface area contributed by atoms with Crippen LogP contribution in [0.4, 0.5) is 0 Å². The van der Waals surface area contributed by atoms with Gasteiger partial charge in [-0.25, -0.2) is 0 Å². The van der Waals surface area contributed by atoms with Gasteiger partial charge in [0.1, 0.15) is 0 Å². The summed E-state index contributed by atoms with van der Waals surface area (Å²) in [6, 6.07) is 17.8. The highest BCUT2D eigenvalue weighted by molar-refractivity contribution is 6.37. The van der Waals surface area contributed by atoms with Gasteiger partial charge in [-0.05, 0) is 18.6 Å². The van der Waals surface area contributed by atoms with Crippen molar-refractivity contribution in [3.8, 4) is 0 Å². The molecule has 0 aliphatic carbocycles. The van der Waals surface area contributed by atoms with Crippen molar-refractivity contribution in [1.29, 1.82) is 0 Å². The number of para-hydroxylation sites is 1. The molecule has 3 aromatic rings. The fourth-order valence-electron chi connectivity index (χ4n) is 3.76. The first kappa shape index (κ1) is 16.3. The first-order chi connectivity index (χ1) is 12.5. The summed E-state index contributed by atoms with van der Waals surface area (Å²) in [6.07, 6.45) is 0.452. The number of rotatable bonds is 3. The Labute approximate surface area is 152 Å². The lowest BCUT2D eigenvalue weighted by atomic mass is 9.95. The Morgan fingerprint density at radius 1 is 0.846 bits per heavy atom. The number of amides is 2. The van der Waals surface area contributed by atoms with Crippen molar-refractivity contribution in [2.24, 2.45) is 7.05 Å². The molecule has 2 amide bonds. The van der Waals surface area contributed by atoms with Crippen LogP contribution in [0.1, 0.15) is 16.8 Å². The predicted molar refractivity (Wildman–Crippen MR) is 102 cm³/mol. The van der Waals surface area contributed by atoms with Gasteiger partial charge in [0.15, 0.2) is 0 Å². The molecule has 4 rings (SSSR count). The van der Waals surface area contributed by atoms with Crippen LogP contribution in [0.25, 0.3) is 16.5 Å². The lowest BCUT2D eigenvalue weighted by Crippen LogP contribution is -2.27. The molecule has 0 radical (unpaired) electrons. The lowest BCUT2D eigenvalue weighted by molar-refractivity contribution is -0.135. The minimum absolute atomic E-state index is 0.207. The van der Waals surface area contributed by atoms with Gasteiger partial charge in [-0.3, -0.25) is 14.5 Å². The normalized spacial score (nSPS) is 14.8. The summed E-state index contributed by atoms with van der Waals surface area (Å²) >= 11 is 0. The number of hydrogen-bond acceptors (Lipinski definition) is 2. The molecule has 4 heteroatoms. The van der Waals surface area contributed by atoms with Gasteiger partial charge in [0.25, 0.3) is 11.8 Å². The minimum atomic E-state index is -0.222.